The first kappa shape index (κ1) is 16.6. The summed E-state index contributed by atoms with van der Waals surface area (Å²) in [5.41, 5.74) is 2.28. The van der Waals surface area contributed by atoms with Crippen molar-refractivity contribution in [2.24, 2.45) is 0 Å². The van der Waals surface area contributed by atoms with E-state index >= 15 is 0 Å². The first-order valence-electron chi connectivity index (χ1n) is 7.63. The molecule has 0 N–H and O–H groups in total. The van der Waals surface area contributed by atoms with Crippen LogP contribution in [0, 0.1) is 5.82 Å². The second-order valence-electron chi connectivity index (χ2n) is 5.74. The van der Waals surface area contributed by atoms with Gasteiger partial charge in [0.15, 0.2) is 5.82 Å². The van der Waals surface area contributed by atoms with E-state index in [-0.39, 0.29) is 10.6 Å². The van der Waals surface area contributed by atoms with Crippen molar-refractivity contribution in [3.8, 4) is 0 Å². The molecule has 4 nitrogen and oxygen atoms in total. The van der Waals surface area contributed by atoms with Gasteiger partial charge in [-0.05, 0) is 11.6 Å². The van der Waals surface area contributed by atoms with Gasteiger partial charge < -0.3 is 14.5 Å². The van der Waals surface area contributed by atoms with Crippen LogP contribution in [0.25, 0.3) is 0 Å². The predicted octanol–water partition coefficient (Wildman–Crippen LogP) is 3.72. The summed E-state index contributed by atoms with van der Waals surface area (Å²) in [5.74, 6) is -1.46. The predicted molar refractivity (Wildman–Crippen MR) is 93.5 cm³/mol. The standard InChI is InChI=1S/C18H18ClFN2O2/c1-21-8-9-22(11-12-6-4-3-5-7-12)14-10-13(19)16(20)15(17(14)21)18(23)24-2/h3-7,10H,8-9,11H2,1-2H3. The lowest BCUT2D eigenvalue weighted by molar-refractivity contribution is 0.0596. The molecular weight excluding hydrogens is 331 g/mol. The Morgan fingerprint density at radius 1 is 1.29 bits per heavy atom. The summed E-state index contributed by atoms with van der Waals surface area (Å²) in [4.78, 5) is 16.1. The third kappa shape index (κ3) is 2.91. The van der Waals surface area contributed by atoms with Gasteiger partial charge in [-0.25, -0.2) is 9.18 Å². The third-order valence-electron chi connectivity index (χ3n) is 4.21. The van der Waals surface area contributed by atoms with E-state index in [2.05, 4.69) is 4.90 Å². The van der Waals surface area contributed by atoms with Crippen molar-refractivity contribution in [1.82, 2.24) is 0 Å². The molecule has 0 saturated heterocycles. The lowest BCUT2D eigenvalue weighted by Crippen LogP contribution is -2.40. The number of methoxy groups -OCH3 is 1. The van der Waals surface area contributed by atoms with E-state index in [1.807, 2.05) is 42.3 Å². The van der Waals surface area contributed by atoms with Crippen LogP contribution in [-0.2, 0) is 11.3 Å². The second kappa shape index (κ2) is 6.69. The normalized spacial score (nSPS) is 13.7. The molecule has 2 aromatic rings. The number of ether oxygens (including phenoxy) is 1. The van der Waals surface area contributed by atoms with Crippen LogP contribution in [0.3, 0.4) is 0 Å². The fourth-order valence-corrected chi connectivity index (χ4v) is 3.19. The highest BCUT2D eigenvalue weighted by molar-refractivity contribution is 6.31. The molecule has 0 bridgehead atoms. The summed E-state index contributed by atoms with van der Waals surface area (Å²) < 4.78 is 19.2. The second-order valence-corrected chi connectivity index (χ2v) is 6.14. The van der Waals surface area contributed by atoms with Gasteiger partial charge in [-0.1, -0.05) is 41.9 Å². The summed E-state index contributed by atoms with van der Waals surface area (Å²) in [5, 5.41) is -0.0810. The van der Waals surface area contributed by atoms with Crippen molar-refractivity contribution in [3.63, 3.8) is 0 Å². The minimum absolute atomic E-state index is 0.0810. The lowest BCUT2D eigenvalue weighted by Gasteiger charge is -2.38. The van der Waals surface area contributed by atoms with E-state index in [9.17, 15) is 9.18 Å². The van der Waals surface area contributed by atoms with Gasteiger partial charge in [0, 0.05) is 26.7 Å². The molecule has 3 rings (SSSR count). The Labute approximate surface area is 145 Å². The molecule has 0 aliphatic carbocycles. The highest BCUT2D eigenvalue weighted by atomic mass is 35.5. The number of esters is 1. The number of carbonyl (C=O) groups excluding carboxylic acids is 1. The summed E-state index contributed by atoms with van der Waals surface area (Å²) >= 11 is 6.04. The van der Waals surface area contributed by atoms with Crippen LogP contribution in [0.15, 0.2) is 36.4 Å². The molecule has 0 saturated carbocycles. The highest BCUT2D eigenvalue weighted by Crippen LogP contribution is 2.41. The molecule has 1 heterocycles. The number of likely N-dealkylation sites (N-methyl/N-ethyl adjacent to an activating group) is 1. The van der Waals surface area contributed by atoms with Gasteiger partial charge in [-0.2, -0.15) is 0 Å². The molecule has 2 aromatic carbocycles. The minimum Gasteiger partial charge on any atom is -0.465 e. The lowest BCUT2D eigenvalue weighted by atomic mass is 10.0. The Kier molecular flexibility index (Phi) is 4.62. The molecule has 1 aliphatic heterocycles. The summed E-state index contributed by atoms with van der Waals surface area (Å²) in [7, 11) is 3.07. The number of carbonyl (C=O) groups is 1. The zero-order chi connectivity index (χ0) is 17.3. The molecular formula is C18H18ClFN2O2. The smallest absolute Gasteiger partial charge is 0.343 e. The first-order chi connectivity index (χ1) is 11.5. The number of anilines is 2. The Bertz CT molecular complexity index is 767. The van der Waals surface area contributed by atoms with Crippen molar-refractivity contribution < 1.29 is 13.9 Å². The van der Waals surface area contributed by atoms with Crippen LogP contribution in [0.1, 0.15) is 15.9 Å². The van der Waals surface area contributed by atoms with Crippen LogP contribution >= 0.6 is 11.6 Å². The fourth-order valence-electron chi connectivity index (χ4n) is 2.99. The molecule has 0 amide bonds. The van der Waals surface area contributed by atoms with Crippen molar-refractivity contribution >= 4 is 28.9 Å². The van der Waals surface area contributed by atoms with E-state index in [1.54, 1.807) is 6.07 Å². The zero-order valence-electron chi connectivity index (χ0n) is 13.6. The van der Waals surface area contributed by atoms with E-state index in [0.29, 0.717) is 18.8 Å². The summed E-state index contributed by atoms with van der Waals surface area (Å²) in [6, 6.07) is 11.6. The van der Waals surface area contributed by atoms with Crippen LogP contribution in [0.4, 0.5) is 15.8 Å². The maximum Gasteiger partial charge on any atom is 0.343 e. The number of hydrogen-bond acceptors (Lipinski definition) is 4. The Morgan fingerprint density at radius 2 is 2.00 bits per heavy atom. The number of halogens is 2. The number of fused-ring (bicyclic) bond motifs is 1. The molecule has 0 fully saturated rings. The van der Waals surface area contributed by atoms with Gasteiger partial charge >= 0.3 is 5.97 Å². The van der Waals surface area contributed by atoms with Gasteiger partial charge in [-0.3, -0.25) is 0 Å². The molecule has 0 spiro atoms. The van der Waals surface area contributed by atoms with E-state index in [0.717, 1.165) is 17.8 Å². The van der Waals surface area contributed by atoms with Crippen LogP contribution in [-0.4, -0.2) is 33.2 Å². The first-order valence-corrected chi connectivity index (χ1v) is 8.01. The Hall–Kier alpha value is -2.27. The largest absolute Gasteiger partial charge is 0.465 e. The SMILES string of the molecule is COC(=O)c1c(F)c(Cl)cc2c1N(C)CCN2Cc1ccccc1. The van der Waals surface area contributed by atoms with Crippen molar-refractivity contribution in [2.45, 2.75) is 6.54 Å². The molecule has 0 unspecified atom stereocenters. The molecule has 6 heteroatoms. The Morgan fingerprint density at radius 3 is 2.67 bits per heavy atom. The quantitative estimate of drug-likeness (QED) is 0.791. The number of rotatable bonds is 3. The molecule has 1 aliphatic rings. The van der Waals surface area contributed by atoms with Crippen LogP contribution < -0.4 is 9.80 Å². The van der Waals surface area contributed by atoms with Crippen molar-refractivity contribution in [2.75, 3.05) is 37.0 Å². The van der Waals surface area contributed by atoms with Gasteiger partial charge in [0.05, 0.1) is 23.5 Å². The fraction of sp³-hybridized carbons (Fsp3) is 0.278. The minimum atomic E-state index is -0.740. The molecule has 0 atom stereocenters. The van der Waals surface area contributed by atoms with Crippen molar-refractivity contribution in [3.05, 3.63) is 58.4 Å². The number of nitrogens with zero attached hydrogens (tertiary/aromatic N) is 2. The number of benzene rings is 2. The van der Waals surface area contributed by atoms with Crippen molar-refractivity contribution in [1.29, 1.82) is 0 Å². The maximum absolute atomic E-state index is 14.5. The average molecular weight is 349 g/mol. The molecule has 126 valence electrons. The van der Waals surface area contributed by atoms with Gasteiger partial charge in [0.25, 0.3) is 0 Å². The number of hydrogen-bond donors (Lipinski definition) is 0. The van der Waals surface area contributed by atoms with E-state index < -0.39 is 11.8 Å². The van der Waals surface area contributed by atoms with E-state index in [1.165, 1.54) is 7.11 Å². The van der Waals surface area contributed by atoms with Crippen LogP contribution in [0.2, 0.25) is 5.02 Å². The van der Waals surface area contributed by atoms with Gasteiger partial charge in [0.2, 0.25) is 0 Å². The molecule has 24 heavy (non-hydrogen) atoms. The van der Waals surface area contributed by atoms with E-state index in [4.69, 9.17) is 16.3 Å². The topological polar surface area (TPSA) is 32.8 Å². The van der Waals surface area contributed by atoms with Gasteiger partial charge in [0.1, 0.15) is 5.56 Å². The van der Waals surface area contributed by atoms with Gasteiger partial charge in [-0.15, -0.1) is 0 Å². The molecule has 0 radical (unpaired) electrons. The monoisotopic (exact) mass is 348 g/mol. The summed E-state index contributed by atoms with van der Waals surface area (Å²) in [6.45, 7) is 2.08. The zero-order valence-corrected chi connectivity index (χ0v) is 14.3. The average Bonchev–Trinajstić information content (AvgIpc) is 2.59. The third-order valence-corrected chi connectivity index (χ3v) is 4.48. The summed E-state index contributed by atoms with van der Waals surface area (Å²) in [6.07, 6.45) is 0. The Balaban J connectivity index is 2.10. The van der Waals surface area contributed by atoms with Crippen LogP contribution in [0.5, 0.6) is 0 Å². The highest BCUT2D eigenvalue weighted by Gasteiger charge is 2.31. The maximum atomic E-state index is 14.5. The molecule has 0 aromatic heterocycles.